The molecule has 0 aromatic carbocycles. The summed E-state index contributed by atoms with van der Waals surface area (Å²) in [4.78, 5) is 0. The quantitative estimate of drug-likeness (QED) is 0.276. The molecule has 0 fully saturated rings. The Morgan fingerprint density at radius 2 is 2.12 bits per heavy atom. The molecule has 8 heavy (non-hydrogen) atoms. The molecular formula is C4H12N4. The van der Waals surface area contributed by atoms with Gasteiger partial charge in [0.25, 0.3) is 0 Å². The molecule has 0 radical (unpaired) electrons. The van der Waals surface area contributed by atoms with E-state index in [1.165, 1.54) is 0 Å². The lowest BCUT2D eigenvalue weighted by molar-refractivity contribution is 0.665. The number of nitrogens with one attached hydrogen (secondary N) is 2. The maximum absolute atomic E-state index is 5.04. The van der Waals surface area contributed by atoms with Gasteiger partial charge in [0.2, 0.25) is 0 Å². The summed E-state index contributed by atoms with van der Waals surface area (Å²) >= 11 is 0. The standard InChI is InChI=1S/C4H12N4/c1-4(8-6)2-3-7-5/h2-4,7-8H,5-6H2,1H3. The summed E-state index contributed by atoms with van der Waals surface area (Å²) in [6, 6.07) is 0.158. The van der Waals surface area contributed by atoms with Crippen LogP contribution in [-0.4, -0.2) is 6.04 Å². The first kappa shape index (κ1) is 7.42. The summed E-state index contributed by atoms with van der Waals surface area (Å²) in [7, 11) is 0. The number of nitrogens with two attached hydrogens (primary N) is 2. The van der Waals surface area contributed by atoms with Crippen molar-refractivity contribution >= 4 is 0 Å². The summed E-state index contributed by atoms with van der Waals surface area (Å²) < 4.78 is 0. The molecule has 0 aromatic rings. The molecule has 0 aliphatic carbocycles. The maximum Gasteiger partial charge on any atom is 0.0379 e. The van der Waals surface area contributed by atoms with Gasteiger partial charge < -0.3 is 5.43 Å². The Morgan fingerprint density at radius 1 is 1.50 bits per heavy atom. The highest BCUT2D eigenvalue weighted by molar-refractivity contribution is 4.86. The first-order valence-corrected chi connectivity index (χ1v) is 2.40. The lowest BCUT2D eigenvalue weighted by atomic mass is 10.3. The zero-order chi connectivity index (χ0) is 6.41. The van der Waals surface area contributed by atoms with E-state index in [1.54, 1.807) is 12.3 Å². The van der Waals surface area contributed by atoms with Crippen molar-refractivity contribution in [2.45, 2.75) is 13.0 Å². The van der Waals surface area contributed by atoms with Gasteiger partial charge in [-0.2, -0.15) is 0 Å². The van der Waals surface area contributed by atoms with Crippen LogP contribution in [0.15, 0.2) is 12.3 Å². The van der Waals surface area contributed by atoms with E-state index in [9.17, 15) is 0 Å². The highest BCUT2D eigenvalue weighted by atomic mass is 15.2. The highest BCUT2D eigenvalue weighted by Crippen LogP contribution is 1.76. The molecule has 0 saturated heterocycles. The largest absolute Gasteiger partial charge is 0.332 e. The third-order valence-corrected chi connectivity index (χ3v) is 0.744. The minimum atomic E-state index is 0.158. The van der Waals surface area contributed by atoms with E-state index in [0.717, 1.165) is 0 Å². The molecule has 1 unspecified atom stereocenters. The summed E-state index contributed by atoms with van der Waals surface area (Å²) in [5.41, 5.74) is 4.87. The van der Waals surface area contributed by atoms with Crippen LogP contribution in [0.5, 0.6) is 0 Å². The second-order valence-electron chi connectivity index (χ2n) is 1.48. The minimum Gasteiger partial charge on any atom is -0.332 e. The molecule has 4 heteroatoms. The van der Waals surface area contributed by atoms with Crippen LogP contribution in [0.4, 0.5) is 0 Å². The highest BCUT2D eigenvalue weighted by Gasteiger charge is 1.85. The number of rotatable bonds is 3. The number of hydrogen-bond donors (Lipinski definition) is 4. The first-order valence-electron chi connectivity index (χ1n) is 2.40. The van der Waals surface area contributed by atoms with E-state index in [-0.39, 0.29) is 6.04 Å². The average Bonchev–Trinajstić information content (AvgIpc) is 1.83. The fourth-order valence-corrected chi connectivity index (χ4v) is 0.255. The fourth-order valence-electron chi connectivity index (χ4n) is 0.255. The summed E-state index contributed by atoms with van der Waals surface area (Å²) in [5, 5.41) is 0. The van der Waals surface area contributed by atoms with Crippen molar-refractivity contribution in [1.82, 2.24) is 10.9 Å². The zero-order valence-corrected chi connectivity index (χ0v) is 4.89. The van der Waals surface area contributed by atoms with Crippen molar-refractivity contribution in [2.24, 2.45) is 11.7 Å². The zero-order valence-electron chi connectivity index (χ0n) is 4.89. The van der Waals surface area contributed by atoms with Crippen molar-refractivity contribution in [3.63, 3.8) is 0 Å². The Kier molecular flexibility index (Phi) is 4.24. The van der Waals surface area contributed by atoms with E-state index < -0.39 is 0 Å². The molecule has 0 heterocycles. The molecular weight excluding hydrogens is 104 g/mol. The molecule has 48 valence electrons. The second-order valence-corrected chi connectivity index (χ2v) is 1.48. The van der Waals surface area contributed by atoms with E-state index >= 15 is 0 Å². The van der Waals surface area contributed by atoms with Gasteiger partial charge in [-0.25, -0.2) is 0 Å². The Balaban J connectivity index is 3.21. The molecule has 4 nitrogen and oxygen atoms in total. The van der Waals surface area contributed by atoms with Crippen molar-refractivity contribution in [3.05, 3.63) is 12.3 Å². The molecule has 0 aliphatic rings. The van der Waals surface area contributed by atoms with Crippen LogP contribution in [0.1, 0.15) is 6.92 Å². The second kappa shape index (κ2) is 4.58. The Morgan fingerprint density at radius 3 is 2.50 bits per heavy atom. The van der Waals surface area contributed by atoms with Crippen LogP contribution in [-0.2, 0) is 0 Å². The molecule has 0 spiro atoms. The molecule has 1 atom stereocenters. The van der Waals surface area contributed by atoms with Gasteiger partial charge in [-0.15, -0.1) is 0 Å². The van der Waals surface area contributed by atoms with Crippen LogP contribution in [0.25, 0.3) is 0 Å². The molecule has 0 amide bonds. The molecule has 6 N–H and O–H groups in total. The van der Waals surface area contributed by atoms with E-state index in [1.807, 2.05) is 6.92 Å². The first-order chi connectivity index (χ1) is 3.81. The summed E-state index contributed by atoms with van der Waals surface area (Å²) in [6.07, 6.45) is 3.42. The van der Waals surface area contributed by atoms with Gasteiger partial charge in [-0.1, -0.05) is 0 Å². The average molecular weight is 116 g/mol. The minimum absolute atomic E-state index is 0.158. The van der Waals surface area contributed by atoms with Gasteiger partial charge in [0.1, 0.15) is 0 Å². The lowest BCUT2D eigenvalue weighted by Crippen LogP contribution is -2.31. The van der Waals surface area contributed by atoms with E-state index in [4.69, 9.17) is 11.7 Å². The Bertz CT molecular complexity index is 70.4. The van der Waals surface area contributed by atoms with Gasteiger partial charge in [0.15, 0.2) is 0 Å². The lowest BCUT2D eigenvalue weighted by Gasteiger charge is -2.00. The van der Waals surface area contributed by atoms with Gasteiger partial charge >= 0.3 is 0 Å². The van der Waals surface area contributed by atoms with Crippen molar-refractivity contribution in [1.29, 1.82) is 0 Å². The number of hydrazine groups is 2. The third kappa shape index (κ3) is 3.60. The summed E-state index contributed by atoms with van der Waals surface area (Å²) in [5.74, 6) is 9.97. The molecule has 0 aromatic heterocycles. The smallest absolute Gasteiger partial charge is 0.0379 e. The van der Waals surface area contributed by atoms with Gasteiger partial charge in [0, 0.05) is 12.2 Å². The van der Waals surface area contributed by atoms with Crippen LogP contribution in [0, 0.1) is 0 Å². The predicted octanol–water partition coefficient (Wildman–Crippen LogP) is -1.18. The van der Waals surface area contributed by atoms with E-state index in [2.05, 4.69) is 10.9 Å². The Labute approximate surface area is 48.9 Å². The molecule has 0 rings (SSSR count). The fraction of sp³-hybridized carbons (Fsp3) is 0.500. The third-order valence-electron chi connectivity index (χ3n) is 0.744. The van der Waals surface area contributed by atoms with Crippen LogP contribution in [0.3, 0.4) is 0 Å². The summed E-state index contributed by atoms with van der Waals surface area (Å²) in [6.45, 7) is 1.91. The predicted molar refractivity (Wildman–Crippen MR) is 33.2 cm³/mol. The SMILES string of the molecule is CC(C=CNN)NN. The van der Waals surface area contributed by atoms with Gasteiger partial charge in [-0.3, -0.25) is 17.1 Å². The van der Waals surface area contributed by atoms with Crippen molar-refractivity contribution in [3.8, 4) is 0 Å². The van der Waals surface area contributed by atoms with Crippen LogP contribution >= 0.6 is 0 Å². The molecule has 0 saturated carbocycles. The van der Waals surface area contributed by atoms with E-state index in [0.29, 0.717) is 0 Å². The monoisotopic (exact) mass is 116 g/mol. The number of hydrogen-bond acceptors (Lipinski definition) is 4. The van der Waals surface area contributed by atoms with Gasteiger partial charge in [-0.05, 0) is 13.0 Å². The molecule has 0 bridgehead atoms. The van der Waals surface area contributed by atoms with Gasteiger partial charge in [0.05, 0.1) is 0 Å². The van der Waals surface area contributed by atoms with Crippen molar-refractivity contribution in [2.75, 3.05) is 0 Å². The topological polar surface area (TPSA) is 76.1 Å². The normalized spacial score (nSPS) is 14.4. The van der Waals surface area contributed by atoms with Crippen LogP contribution < -0.4 is 22.5 Å². The molecule has 0 aliphatic heterocycles. The van der Waals surface area contributed by atoms with Crippen molar-refractivity contribution < 1.29 is 0 Å². The van der Waals surface area contributed by atoms with Crippen LogP contribution in [0.2, 0.25) is 0 Å². The Hall–Kier alpha value is -0.580. The maximum atomic E-state index is 5.04.